The first-order valence-corrected chi connectivity index (χ1v) is 5.27. The van der Waals surface area contributed by atoms with Gasteiger partial charge in [-0.05, 0) is 19.1 Å². The van der Waals surface area contributed by atoms with Gasteiger partial charge in [0.1, 0.15) is 5.69 Å². The van der Waals surface area contributed by atoms with Gasteiger partial charge >= 0.3 is 0 Å². The molecule has 0 aliphatic carbocycles. The van der Waals surface area contributed by atoms with Crippen LogP contribution in [0.4, 0.5) is 5.13 Å². The van der Waals surface area contributed by atoms with E-state index >= 15 is 0 Å². The molecule has 0 aliphatic heterocycles. The number of thiazole rings is 1. The summed E-state index contributed by atoms with van der Waals surface area (Å²) in [6.07, 6.45) is 0.617. The Labute approximate surface area is 91.0 Å². The van der Waals surface area contributed by atoms with Crippen molar-refractivity contribution < 1.29 is 4.79 Å². The van der Waals surface area contributed by atoms with Gasteiger partial charge < -0.3 is 5.32 Å². The van der Waals surface area contributed by atoms with Crippen molar-refractivity contribution in [2.24, 2.45) is 0 Å². The summed E-state index contributed by atoms with van der Waals surface area (Å²) in [7, 11) is 0. The second-order valence-electron chi connectivity index (χ2n) is 2.96. The summed E-state index contributed by atoms with van der Waals surface area (Å²) in [6, 6.07) is 5.76. The Morgan fingerprint density at radius 1 is 1.33 bits per heavy atom. The fourth-order valence-corrected chi connectivity index (χ4v) is 1.86. The minimum absolute atomic E-state index is 0.586. The van der Waals surface area contributed by atoms with E-state index in [1.807, 2.05) is 30.5 Å². The van der Waals surface area contributed by atoms with Crippen LogP contribution < -0.4 is 5.32 Å². The van der Waals surface area contributed by atoms with Gasteiger partial charge in [-0.25, -0.2) is 4.98 Å². The van der Waals surface area contributed by atoms with E-state index in [9.17, 15) is 4.79 Å². The number of aryl methyl sites for hydroxylation is 1. The average Bonchev–Trinajstić information content (AvgIpc) is 2.67. The highest BCUT2D eigenvalue weighted by molar-refractivity contribution is 7.14. The number of anilines is 1. The van der Waals surface area contributed by atoms with Crippen LogP contribution >= 0.6 is 11.3 Å². The fourth-order valence-electron chi connectivity index (χ4n) is 1.19. The molecule has 5 heteroatoms. The molecule has 2 aromatic rings. The van der Waals surface area contributed by atoms with E-state index in [0.717, 1.165) is 17.1 Å². The first-order chi connectivity index (χ1) is 7.29. The molecule has 2 rings (SSSR count). The molecule has 2 heterocycles. The molecular weight excluding hydrogens is 210 g/mol. The minimum atomic E-state index is 0.586. The van der Waals surface area contributed by atoms with Gasteiger partial charge in [0, 0.05) is 11.1 Å². The first kappa shape index (κ1) is 9.79. The predicted molar refractivity (Wildman–Crippen MR) is 59.8 cm³/mol. The maximum atomic E-state index is 10.2. The first-order valence-electron chi connectivity index (χ1n) is 4.39. The Hall–Kier alpha value is -1.75. The van der Waals surface area contributed by atoms with E-state index in [2.05, 4.69) is 15.3 Å². The third-order valence-electron chi connectivity index (χ3n) is 1.84. The maximum absolute atomic E-state index is 10.2. The van der Waals surface area contributed by atoms with E-state index in [4.69, 9.17) is 0 Å². The largest absolute Gasteiger partial charge is 0.305 e. The summed E-state index contributed by atoms with van der Waals surface area (Å²) in [4.78, 5) is 18.8. The summed E-state index contributed by atoms with van der Waals surface area (Å²) in [5, 5.41) is 4.97. The summed E-state index contributed by atoms with van der Waals surface area (Å²) in [6.45, 7) is 1.93. The van der Waals surface area contributed by atoms with Gasteiger partial charge in [0.2, 0.25) is 6.41 Å². The number of carbonyl (C=O) groups is 1. The van der Waals surface area contributed by atoms with Gasteiger partial charge in [0.05, 0.1) is 5.69 Å². The normalized spacial score (nSPS) is 9.93. The molecule has 0 atom stereocenters. The van der Waals surface area contributed by atoms with E-state index in [0.29, 0.717) is 11.5 Å². The highest BCUT2D eigenvalue weighted by Gasteiger charge is 2.04. The van der Waals surface area contributed by atoms with E-state index in [1.54, 1.807) is 0 Å². The fraction of sp³-hybridized carbons (Fsp3) is 0.100. The number of aromatic nitrogens is 2. The number of pyridine rings is 1. The zero-order chi connectivity index (χ0) is 10.7. The second-order valence-corrected chi connectivity index (χ2v) is 3.82. The van der Waals surface area contributed by atoms with Crippen LogP contribution in [0.25, 0.3) is 11.4 Å². The van der Waals surface area contributed by atoms with Crippen LogP contribution in [0, 0.1) is 6.92 Å². The number of rotatable bonds is 3. The van der Waals surface area contributed by atoms with Gasteiger partial charge in [-0.1, -0.05) is 6.07 Å². The zero-order valence-electron chi connectivity index (χ0n) is 8.10. The molecule has 76 valence electrons. The Morgan fingerprint density at radius 3 is 2.93 bits per heavy atom. The van der Waals surface area contributed by atoms with Gasteiger partial charge in [-0.2, -0.15) is 0 Å². The van der Waals surface area contributed by atoms with Crippen molar-refractivity contribution >= 4 is 22.9 Å². The van der Waals surface area contributed by atoms with Crippen molar-refractivity contribution in [3.05, 3.63) is 29.3 Å². The molecule has 0 spiro atoms. The number of carbonyl (C=O) groups excluding carboxylic acids is 1. The SMILES string of the molecule is Cc1cccc(-c2csc(NC=O)n2)n1. The lowest BCUT2D eigenvalue weighted by Gasteiger charge is -1.96. The quantitative estimate of drug-likeness (QED) is 0.804. The van der Waals surface area contributed by atoms with Gasteiger partial charge in [0.25, 0.3) is 0 Å². The summed E-state index contributed by atoms with van der Waals surface area (Å²) in [5.41, 5.74) is 2.56. The smallest absolute Gasteiger partial charge is 0.213 e. The summed E-state index contributed by atoms with van der Waals surface area (Å²) in [5.74, 6) is 0. The molecule has 0 saturated heterocycles. The highest BCUT2D eigenvalue weighted by Crippen LogP contribution is 2.22. The third kappa shape index (κ3) is 2.19. The van der Waals surface area contributed by atoms with Crippen LogP contribution in [0.2, 0.25) is 0 Å². The lowest BCUT2D eigenvalue weighted by molar-refractivity contribution is -0.105. The monoisotopic (exact) mass is 219 g/mol. The number of hydrogen-bond donors (Lipinski definition) is 1. The van der Waals surface area contributed by atoms with Crippen LogP contribution in [0.15, 0.2) is 23.6 Å². The van der Waals surface area contributed by atoms with Gasteiger partial charge in [-0.3, -0.25) is 9.78 Å². The van der Waals surface area contributed by atoms with Crippen LogP contribution in [0.1, 0.15) is 5.69 Å². The minimum Gasteiger partial charge on any atom is -0.305 e. The van der Waals surface area contributed by atoms with E-state index < -0.39 is 0 Å². The lowest BCUT2D eigenvalue weighted by Crippen LogP contribution is -1.92. The average molecular weight is 219 g/mol. The molecule has 1 N–H and O–H groups in total. The third-order valence-corrected chi connectivity index (χ3v) is 2.61. The molecule has 0 unspecified atom stereocenters. The molecule has 1 amide bonds. The number of amides is 1. The topological polar surface area (TPSA) is 54.9 Å². The van der Waals surface area contributed by atoms with Crippen LogP contribution in [0.3, 0.4) is 0 Å². The molecule has 2 aromatic heterocycles. The molecule has 4 nitrogen and oxygen atoms in total. The number of nitrogens with one attached hydrogen (secondary N) is 1. The molecular formula is C10H9N3OS. The van der Waals surface area contributed by atoms with Crippen molar-refractivity contribution in [3.63, 3.8) is 0 Å². The lowest BCUT2D eigenvalue weighted by atomic mass is 10.3. The predicted octanol–water partition coefficient (Wildman–Crippen LogP) is 2.08. The van der Waals surface area contributed by atoms with Gasteiger partial charge in [0.15, 0.2) is 5.13 Å². The van der Waals surface area contributed by atoms with Crippen molar-refractivity contribution in [3.8, 4) is 11.4 Å². The molecule has 0 fully saturated rings. The molecule has 15 heavy (non-hydrogen) atoms. The standard InChI is InChI=1S/C10H9N3OS/c1-7-3-2-4-8(12-7)9-5-15-10(13-9)11-6-14/h2-6H,1H3,(H,11,13,14). The number of hydrogen-bond acceptors (Lipinski definition) is 4. The Kier molecular flexibility index (Phi) is 2.73. The Morgan fingerprint density at radius 2 is 2.20 bits per heavy atom. The van der Waals surface area contributed by atoms with Crippen molar-refractivity contribution in [1.82, 2.24) is 9.97 Å². The van der Waals surface area contributed by atoms with Gasteiger partial charge in [-0.15, -0.1) is 11.3 Å². The number of nitrogens with zero attached hydrogens (tertiary/aromatic N) is 2. The second kappa shape index (κ2) is 4.18. The Bertz CT molecular complexity index is 481. The molecule has 0 aromatic carbocycles. The van der Waals surface area contributed by atoms with Crippen LogP contribution in [-0.4, -0.2) is 16.4 Å². The molecule has 0 saturated carbocycles. The van der Waals surface area contributed by atoms with Crippen molar-refractivity contribution in [2.75, 3.05) is 5.32 Å². The van der Waals surface area contributed by atoms with Crippen LogP contribution in [-0.2, 0) is 4.79 Å². The molecule has 0 radical (unpaired) electrons. The summed E-state index contributed by atoms with van der Waals surface area (Å²) < 4.78 is 0. The Balaban J connectivity index is 2.32. The highest BCUT2D eigenvalue weighted by atomic mass is 32.1. The van der Waals surface area contributed by atoms with E-state index in [-0.39, 0.29) is 0 Å². The molecule has 0 aliphatic rings. The van der Waals surface area contributed by atoms with Crippen molar-refractivity contribution in [1.29, 1.82) is 0 Å². The maximum Gasteiger partial charge on any atom is 0.213 e. The van der Waals surface area contributed by atoms with Crippen molar-refractivity contribution in [2.45, 2.75) is 6.92 Å². The van der Waals surface area contributed by atoms with E-state index in [1.165, 1.54) is 11.3 Å². The van der Waals surface area contributed by atoms with Crippen LogP contribution in [0.5, 0.6) is 0 Å². The zero-order valence-corrected chi connectivity index (χ0v) is 8.91. The summed E-state index contributed by atoms with van der Waals surface area (Å²) >= 11 is 1.38. The molecule has 0 bridgehead atoms.